The Morgan fingerprint density at radius 1 is 1.05 bits per heavy atom. The highest BCUT2D eigenvalue weighted by atomic mass is 35.5. The van der Waals surface area contributed by atoms with Crippen molar-refractivity contribution in [3.05, 3.63) is 63.8 Å². The first kappa shape index (κ1) is 13.1. The summed E-state index contributed by atoms with van der Waals surface area (Å²) >= 11 is 6.16. The van der Waals surface area contributed by atoms with E-state index in [0.29, 0.717) is 18.1 Å². The number of benzene rings is 2. The molecule has 2 heterocycles. The van der Waals surface area contributed by atoms with Gasteiger partial charge in [-0.3, -0.25) is 0 Å². The van der Waals surface area contributed by atoms with Crippen molar-refractivity contribution in [3.63, 3.8) is 0 Å². The molecule has 21 heavy (non-hydrogen) atoms. The highest BCUT2D eigenvalue weighted by Gasteiger charge is 2.44. The van der Waals surface area contributed by atoms with Crippen LogP contribution in [0.15, 0.2) is 42.5 Å². The summed E-state index contributed by atoms with van der Waals surface area (Å²) in [5.41, 5.74) is 2.19. The zero-order valence-corrected chi connectivity index (χ0v) is 12.5. The molecule has 2 aliphatic rings. The van der Waals surface area contributed by atoms with Crippen LogP contribution in [0.5, 0.6) is 11.5 Å². The standard InChI is InChI=1S/C17H16ClNO2/c1-19(20)9-14-12-4-2-3-5-16(12)21-17-7-6-11(18)8-13(17)15(14)10-19/h2-8,14-15H,9-10H2,1H3. The van der Waals surface area contributed by atoms with Crippen molar-refractivity contribution in [1.29, 1.82) is 0 Å². The number of likely N-dealkylation sites (tertiary alicyclic amines) is 1. The summed E-state index contributed by atoms with van der Waals surface area (Å²) in [7, 11) is 1.75. The molecule has 2 aliphatic heterocycles. The second-order valence-corrected chi connectivity index (χ2v) is 6.63. The number of likely N-dealkylation sites (N-methyl/N-ethyl adjacent to an activating group) is 1. The van der Waals surface area contributed by atoms with Crippen molar-refractivity contribution < 1.29 is 9.38 Å². The number of rotatable bonds is 0. The van der Waals surface area contributed by atoms with Crippen LogP contribution in [-0.2, 0) is 0 Å². The second kappa shape index (κ2) is 4.47. The smallest absolute Gasteiger partial charge is 0.131 e. The van der Waals surface area contributed by atoms with Crippen LogP contribution >= 0.6 is 11.6 Å². The third-order valence-electron chi connectivity index (χ3n) is 4.56. The van der Waals surface area contributed by atoms with Crippen LogP contribution in [0, 0.1) is 5.21 Å². The Morgan fingerprint density at radius 2 is 1.71 bits per heavy atom. The molecule has 3 atom stereocenters. The molecular weight excluding hydrogens is 286 g/mol. The van der Waals surface area contributed by atoms with Crippen LogP contribution in [0.3, 0.4) is 0 Å². The Hall–Kier alpha value is -1.55. The average molecular weight is 302 g/mol. The van der Waals surface area contributed by atoms with Crippen LogP contribution in [0.25, 0.3) is 0 Å². The van der Waals surface area contributed by atoms with Gasteiger partial charge < -0.3 is 14.6 Å². The van der Waals surface area contributed by atoms with Crippen molar-refractivity contribution in [3.8, 4) is 11.5 Å². The van der Waals surface area contributed by atoms with Gasteiger partial charge in [-0.05, 0) is 24.3 Å². The van der Waals surface area contributed by atoms with Crippen LogP contribution < -0.4 is 4.74 Å². The molecular formula is C17H16ClNO2. The van der Waals surface area contributed by atoms with E-state index in [1.165, 1.54) is 0 Å². The predicted octanol–water partition coefficient (Wildman–Crippen LogP) is 4.27. The van der Waals surface area contributed by atoms with Crippen molar-refractivity contribution in [2.24, 2.45) is 0 Å². The number of halogens is 1. The SMILES string of the molecule is C[N+]1([O-])CC2c3ccccc3Oc3ccc(Cl)cc3C2C1. The minimum atomic E-state index is -0.213. The lowest BCUT2D eigenvalue weighted by atomic mass is 9.84. The molecule has 108 valence electrons. The van der Waals surface area contributed by atoms with Crippen molar-refractivity contribution in [2.75, 3.05) is 20.1 Å². The number of hydroxylamine groups is 3. The zero-order valence-electron chi connectivity index (χ0n) is 11.8. The fourth-order valence-corrected chi connectivity index (χ4v) is 3.87. The zero-order chi connectivity index (χ0) is 14.6. The van der Waals surface area contributed by atoms with E-state index in [0.717, 1.165) is 22.6 Å². The molecule has 0 bridgehead atoms. The molecule has 0 N–H and O–H groups in total. The summed E-state index contributed by atoms with van der Waals surface area (Å²) in [5.74, 6) is 2.02. The van der Waals surface area contributed by atoms with Gasteiger partial charge in [0.05, 0.1) is 20.1 Å². The van der Waals surface area contributed by atoms with E-state index in [1.807, 2.05) is 36.4 Å². The molecule has 4 heteroatoms. The summed E-state index contributed by atoms with van der Waals surface area (Å²) in [6.45, 7) is 1.15. The summed E-state index contributed by atoms with van der Waals surface area (Å²) in [5, 5.41) is 13.2. The monoisotopic (exact) mass is 301 g/mol. The summed E-state index contributed by atoms with van der Waals surface area (Å²) in [4.78, 5) is 0. The Morgan fingerprint density at radius 3 is 2.52 bits per heavy atom. The van der Waals surface area contributed by atoms with Gasteiger partial charge in [0.25, 0.3) is 0 Å². The molecule has 0 amide bonds. The predicted molar refractivity (Wildman–Crippen MR) is 82.7 cm³/mol. The Bertz CT molecular complexity index is 714. The molecule has 1 fully saturated rings. The first-order valence-corrected chi connectivity index (χ1v) is 7.53. The molecule has 0 saturated carbocycles. The molecule has 2 aromatic rings. The van der Waals surface area contributed by atoms with E-state index in [2.05, 4.69) is 6.07 Å². The Kier molecular flexibility index (Phi) is 2.80. The second-order valence-electron chi connectivity index (χ2n) is 6.20. The maximum absolute atomic E-state index is 12.5. The van der Waals surface area contributed by atoms with Gasteiger partial charge in [-0.1, -0.05) is 29.8 Å². The Labute approximate surface area is 128 Å². The lowest BCUT2D eigenvalue weighted by molar-refractivity contribution is -0.848. The number of quaternary nitrogens is 1. The molecule has 0 radical (unpaired) electrons. The van der Waals surface area contributed by atoms with E-state index in [1.54, 1.807) is 7.05 Å². The third-order valence-corrected chi connectivity index (χ3v) is 4.80. The normalized spacial score (nSPS) is 29.9. The van der Waals surface area contributed by atoms with Gasteiger partial charge in [0.15, 0.2) is 0 Å². The summed E-state index contributed by atoms with van der Waals surface area (Å²) < 4.78 is 5.88. The first-order chi connectivity index (χ1) is 10.0. The minimum absolute atomic E-state index is 0.157. The van der Waals surface area contributed by atoms with Crippen LogP contribution in [0.1, 0.15) is 23.0 Å². The van der Waals surface area contributed by atoms with Gasteiger partial charge in [-0.25, -0.2) is 0 Å². The van der Waals surface area contributed by atoms with Gasteiger partial charge in [-0.2, -0.15) is 0 Å². The average Bonchev–Trinajstić information content (AvgIpc) is 2.71. The first-order valence-electron chi connectivity index (χ1n) is 7.15. The van der Waals surface area contributed by atoms with E-state index >= 15 is 0 Å². The van der Waals surface area contributed by atoms with E-state index in [-0.39, 0.29) is 16.5 Å². The maximum atomic E-state index is 12.5. The molecule has 0 spiro atoms. The molecule has 0 aromatic heterocycles. The van der Waals surface area contributed by atoms with Crippen LogP contribution in [0.4, 0.5) is 0 Å². The van der Waals surface area contributed by atoms with Gasteiger partial charge in [0, 0.05) is 28.0 Å². The molecule has 3 unspecified atom stereocenters. The summed E-state index contributed by atoms with van der Waals surface area (Å²) in [6.07, 6.45) is 0. The molecule has 1 saturated heterocycles. The summed E-state index contributed by atoms with van der Waals surface area (Å²) in [6, 6.07) is 13.7. The quantitative estimate of drug-likeness (QED) is 0.537. The van der Waals surface area contributed by atoms with Gasteiger partial charge in [0.1, 0.15) is 11.5 Å². The highest BCUT2D eigenvalue weighted by molar-refractivity contribution is 6.30. The fraction of sp³-hybridized carbons (Fsp3) is 0.294. The van der Waals surface area contributed by atoms with Gasteiger partial charge >= 0.3 is 0 Å². The van der Waals surface area contributed by atoms with E-state index in [4.69, 9.17) is 16.3 Å². The minimum Gasteiger partial charge on any atom is -0.633 e. The lowest BCUT2D eigenvalue weighted by Gasteiger charge is -2.34. The highest BCUT2D eigenvalue weighted by Crippen LogP contribution is 2.51. The van der Waals surface area contributed by atoms with E-state index in [9.17, 15) is 5.21 Å². The molecule has 2 aromatic carbocycles. The Balaban J connectivity index is 1.94. The molecule has 3 nitrogen and oxygen atoms in total. The number of ether oxygens (including phenoxy) is 1. The van der Waals surface area contributed by atoms with Crippen LogP contribution in [-0.4, -0.2) is 24.8 Å². The van der Waals surface area contributed by atoms with E-state index < -0.39 is 0 Å². The number of hydrogen-bond acceptors (Lipinski definition) is 2. The molecule has 4 rings (SSSR count). The molecule has 0 aliphatic carbocycles. The number of fused-ring (bicyclic) bond motifs is 5. The lowest BCUT2D eigenvalue weighted by Crippen LogP contribution is -2.34. The van der Waals surface area contributed by atoms with Crippen LogP contribution in [0.2, 0.25) is 5.02 Å². The topological polar surface area (TPSA) is 32.3 Å². The van der Waals surface area contributed by atoms with Crippen molar-refractivity contribution >= 4 is 11.6 Å². The number of hydrogen-bond donors (Lipinski definition) is 0. The van der Waals surface area contributed by atoms with Gasteiger partial charge in [0.2, 0.25) is 0 Å². The number of nitrogens with zero attached hydrogens (tertiary/aromatic N) is 1. The van der Waals surface area contributed by atoms with Crippen molar-refractivity contribution in [2.45, 2.75) is 11.8 Å². The van der Waals surface area contributed by atoms with Crippen molar-refractivity contribution in [1.82, 2.24) is 0 Å². The maximum Gasteiger partial charge on any atom is 0.131 e. The fourth-order valence-electron chi connectivity index (χ4n) is 3.69. The number of para-hydroxylation sites is 1. The largest absolute Gasteiger partial charge is 0.633 e. The third kappa shape index (κ3) is 2.13. The van der Waals surface area contributed by atoms with Gasteiger partial charge in [-0.15, -0.1) is 0 Å².